The first-order valence-electron chi connectivity index (χ1n) is 7.61. The summed E-state index contributed by atoms with van der Waals surface area (Å²) in [5, 5.41) is 0. The summed E-state index contributed by atoms with van der Waals surface area (Å²) in [6.07, 6.45) is 14.8. The third kappa shape index (κ3) is 21.5. The van der Waals surface area contributed by atoms with Gasteiger partial charge in [-0.2, -0.15) is 0 Å². The van der Waals surface area contributed by atoms with Crippen LogP contribution in [0.5, 0.6) is 0 Å². The maximum Gasteiger partial charge on any atom is 0.325 e. The van der Waals surface area contributed by atoms with Crippen molar-refractivity contribution in [3.63, 3.8) is 0 Å². The molecule has 0 heterocycles. The Kier molecular flexibility index (Phi) is 18.2. The van der Waals surface area contributed by atoms with Gasteiger partial charge in [-0.15, -0.1) is 0 Å². The van der Waals surface area contributed by atoms with E-state index in [9.17, 15) is 4.57 Å². The van der Waals surface area contributed by atoms with Crippen molar-refractivity contribution in [3.8, 4) is 0 Å². The van der Waals surface area contributed by atoms with Gasteiger partial charge in [0.05, 0.1) is 0 Å². The molecule has 0 fully saturated rings. The van der Waals surface area contributed by atoms with Gasteiger partial charge in [-0.3, -0.25) is 4.57 Å². The molecule has 0 amide bonds. The molecular weight excluding hydrogens is 360 g/mol. The average molecular weight is 391 g/mol. The van der Waals surface area contributed by atoms with E-state index in [1.165, 1.54) is 57.8 Å². The molecule has 0 spiro atoms. The first-order chi connectivity index (χ1) is 8.56. The molecule has 0 aliphatic rings. The van der Waals surface area contributed by atoms with Gasteiger partial charge in [0.25, 0.3) is 0 Å². The van der Waals surface area contributed by atoms with Crippen LogP contribution in [0.2, 0.25) is 0 Å². The van der Waals surface area contributed by atoms with Crippen LogP contribution in [0.25, 0.3) is 0 Å². The largest absolute Gasteiger partial charge is 0.325 e. The van der Waals surface area contributed by atoms with Crippen molar-refractivity contribution in [3.05, 3.63) is 0 Å². The Labute approximate surface area is 139 Å². The zero-order valence-electron chi connectivity index (χ0n) is 12.6. The molecular formula is C14H31CdO3P. The first kappa shape index (κ1) is 22.4. The molecule has 3 nitrogen and oxygen atoms in total. The van der Waals surface area contributed by atoms with Gasteiger partial charge < -0.3 is 9.79 Å². The smallest absolute Gasteiger partial charge is 0.324 e. The number of hydrogen-bond acceptors (Lipinski definition) is 1. The van der Waals surface area contributed by atoms with Crippen LogP contribution in [0.4, 0.5) is 0 Å². The molecule has 0 atom stereocenters. The van der Waals surface area contributed by atoms with Gasteiger partial charge in [0.1, 0.15) is 0 Å². The Morgan fingerprint density at radius 3 is 1.32 bits per heavy atom. The van der Waals surface area contributed by atoms with E-state index < -0.39 is 7.60 Å². The molecule has 0 saturated carbocycles. The van der Waals surface area contributed by atoms with E-state index in [2.05, 4.69) is 6.92 Å². The van der Waals surface area contributed by atoms with E-state index in [-0.39, 0.29) is 33.5 Å². The molecule has 0 aromatic rings. The van der Waals surface area contributed by atoms with Crippen molar-refractivity contribution in [2.75, 3.05) is 6.16 Å². The monoisotopic (exact) mass is 392 g/mol. The quantitative estimate of drug-likeness (QED) is 0.268. The van der Waals surface area contributed by atoms with Gasteiger partial charge in [-0.1, -0.05) is 77.6 Å². The summed E-state index contributed by atoms with van der Waals surface area (Å²) >= 11 is 0. The molecule has 0 rings (SSSR count). The minimum Gasteiger partial charge on any atom is -0.324 e. The summed E-state index contributed by atoms with van der Waals surface area (Å²) in [5.41, 5.74) is 0. The Hall–Kier alpha value is 1.07. The predicted octanol–water partition coefficient (Wildman–Crippen LogP) is 4.86. The van der Waals surface area contributed by atoms with E-state index >= 15 is 0 Å². The van der Waals surface area contributed by atoms with Crippen LogP contribution in [-0.4, -0.2) is 15.9 Å². The number of rotatable bonds is 13. The SMILES string of the molecule is CCCCCCCCCCCCCCP(=O)(O)O.[Cd]. The summed E-state index contributed by atoms with van der Waals surface area (Å²) in [6, 6.07) is 0. The van der Waals surface area contributed by atoms with Gasteiger partial charge >= 0.3 is 7.60 Å². The van der Waals surface area contributed by atoms with E-state index in [1.54, 1.807) is 0 Å². The fourth-order valence-corrected chi connectivity index (χ4v) is 2.79. The van der Waals surface area contributed by atoms with E-state index in [1.807, 2.05) is 0 Å². The second kappa shape index (κ2) is 15.5. The van der Waals surface area contributed by atoms with E-state index in [4.69, 9.17) is 9.79 Å². The molecule has 0 saturated heterocycles. The van der Waals surface area contributed by atoms with Crippen LogP contribution < -0.4 is 0 Å². The zero-order valence-corrected chi connectivity index (χ0v) is 17.6. The van der Waals surface area contributed by atoms with Gasteiger partial charge in [0, 0.05) is 33.5 Å². The van der Waals surface area contributed by atoms with Gasteiger partial charge in [-0.05, 0) is 6.42 Å². The molecule has 2 N–H and O–H groups in total. The molecule has 0 bridgehead atoms. The Bertz CT molecular complexity index is 219. The topological polar surface area (TPSA) is 57.5 Å². The van der Waals surface area contributed by atoms with Crippen molar-refractivity contribution in [2.24, 2.45) is 0 Å². The summed E-state index contributed by atoms with van der Waals surface area (Å²) in [4.78, 5) is 17.4. The van der Waals surface area contributed by atoms with Crippen molar-refractivity contribution in [1.29, 1.82) is 0 Å². The molecule has 19 heavy (non-hydrogen) atoms. The van der Waals surface area contributed by atoms with Crippen LogP contribution in [0, 0.1) is 0 Å². The summed E-state index contributed by atoms with van der Waals surface area (Å²) in [5.74, 6) is 0. The third-order valence-electron chi connectivity index (χ3n) is 3.30. The molecule has 5 heteroatoms. The summed E-state index contributed by atoms with van der Waals surface area (Å²) in [7, 11) is -3.75. The van der Waals surface area contributed by atoms with Crippen LogP contribution in [-0.2, 0) is 31.9 Å². The maximum absolute atomic E-state index is 10.6. The molecule has 0 aromatic heterocycles. The molecule has 112 valence electrons. The second-order valence-electron chi connectivity index (χ2n) is 5.28. The molecule has 0 radical (unpaired) electrons. The Morgan fingerprint density at radius 2 is 1.00 bits per heavy atom. The van der Waals surface area contributed by atoms with Crippen molar-refractivity contribution < 1.29 is 41.7 Å². The fourth-order valence-electron chi connectivity index (χ4n) is 2.16. The minimum absolute atomic E-state index is 0. The fraction of sp³-hybridized carbons (Fsp3) is 1.00. The third-order valence-corrected chi connectivity index (χ3v) is 4.20. The van der Waals surface area contributed by atoms with Gasteiger partial charge in [0.2, 0.25) is 0 Å². The van der Waals surface area contributed by atoms with Gasteiger partial charge in [-0.25, -0.2) is 0 Å². The normalized spacial score (nSPS) is 11.3. The molecule has 0 aliphatic carbocycles. The van der Waals surface area contributed by atoms with Crippen molar-refractivity contribution in [2.45, 2.75) is 84.0 Å². The van der Waals surface area contributed by atoms with E-state index in [0.717, 1.165) is 12.8 Å². The van der Waals surface area contributed by atoms with Gasteiger partial charge in [0.15, 0.2) is 0 Å². The predicted molar refractivity (Wildman–Crippen MR) is 78.0 cm³/mol. The Balaban J connectivity index is 0. The molecule has 0 unspecified atom stereocenters. The Morgan fingerprint density at radius 1 is 0.684 bits per heavy atom. The minimum atomic E-state index is -3.75. The maximum atomic E-state index is 10.6. The molecule has 0 aromatic carbocycles. The summed E-state index contributed by atoms with van der Waals surface area (Å²) in [6.45, 7) is 2.24. The van der Waals surface area contributed by atoms with E-state index in [0.29, 0.717) is 6.42 Å². The summed E-state index contributed by atoms with van der Waals surface area (Å²) < 4.78 is 10.6. The van der Waals surface area contributed by atoms with Crippen molar-refractivity contribution >= 4 is 7.60 Å². The first-order valence-corrected chi connectivity index (χ1v) is 9.40. The molecule has 0 aliphatic heterocycles. The average Bonchev–Trinajstić information content (AvgIpc) is 2.29. The second-order valence-corrected chi connectivity index (χ2v) is 7.05. The van der Waals surface area contributed by atoms with Crippen molar-refractivity contribution in [1.82, 2.24) is 0 Å². The van der Waals surface area contributed by atoms with Crippen LogP contribution in [0.15, 0.2) is 0 Å². The van der Waals surface area contributed by atoms with Crippen LogP contribution >= 0.6 is 7.60 Å². The van der Waals surface area contributed by atoms with Crippen LogP contribution in [0.3, 0.4) is 0 Å². The number of hydrogen-bond donors (Lipinski definition) is 2. The standard InChI is InChI=1S/C14H31O3P.Cd/c1-2-3-4-5-6-7-8-9-10-11-12-13-14-18(15,16)17;/h2-14H2,1H3,(H2,15,16,17);. The zero-order chi connectivity index (χ0) is 13.7. The van der Waals surface area contributed by atoms with Crippen LogP contribution in [0.1, 0.15) is 84.0 Å². The number of unbranched alkanes of at least 4 members (excludes halogenated alkanes) is 11.